The van der Waals surface area contributed by atoms with Crippen LogP contribution >= 0.6 is 0 Å². The average molecular weight is 364 g/mol. The van der Waals surface area contributed by atoms with E-state index in [4.69, 9.17) is 0 Å². The lowest BCUT2D eigenvalue weighted by Gasteiger charge is -2.34. The van der Waals surface area contributed by atoms with Gasteiger partial charge in [0.2, 0.25) is 11.8 Å². The van der Waals surface area contributed by atoms with Crippen molar-refractivity contribution in [1.82, 2.24) is 10.2 Å². The van der Waals surface area contributed by atoms with Crippen molar-refractivity contribution < 1.29 is 19.5 Å². The fourth-order valence-electron chi connectivity index (χ4n) is 5.24. The van der Waals surface area contributed by atoms with Crippen LogP contribution < -0.4 is 5.32 Å². The van der Waals surface area contributed by atoms with Crippen LogP contribution in [0.15, 0.2) is 0 Å². The number of aliphatic carboxylic acids is 1. The molecule has 0 aromatic carbocycles. The number of fused-ring (bicyclic) bond motifs is 1. The lowest BCUT2D eigenvalue weighted by atomic mass is 9.84. The first-order valence-corrected chi connectivity index (χ1v) is 10.3. The van der Waals surface area contributed by atoms with Crippen molar-refractivity contribution in [3.05, 3.63) is 0 Å². The Morgan fingerprint density at radius 2 is 1.69 bits per heavy atom. The van der Waals surface area contributed by atoms with Crippen molar-refractivity contribution in [3.63, 3.8) is 0 Å². The van der Waals surface area contributed by atoms with Gasteiger partial charge >= 0.3 is 5.97 Å². The van der Waals surface area contributed by atoms with Gasteiger partial charge in [0, 0.05) is 12.5 Å². The van der Waals surface area contributed by atoms with Crippen LogP contribution in [0.3, 0.4) is 0 Å². The highest BCUT2D eigenvalue weighted by atomic mass is 16.4. The summed E-state index contributed by atoms with van der Waals surface area (Å²) in [6.45, 7) is 1.69. The van der Waals surface area contributed by atoms with Gasteiger partial charge in [-0.05, 0) is 50.9 Å². The second-order valence-corrected chi connectivity index (χ2v) is 8.44. The maximum Gasteiger partial charge on any atom is 0.326 e. The van der Waals surface area contributed by atoms with Crippen LogP contribution in [-0.4, -0.2) is 45.9 Å². The molecule has 2 N–H and O–H groups in total. The van der Waals surface area contributed by atoms with Gasteiger partial charge in [-0.2, -0.15) is 0 Å². The second kappa shape index (κ2) is 8.40. The Bertz CT molecular complexity index is 544. The summed E-state index contributed by atoms with van der Waals surface area (Å²) < 4.78 is 0. The SMILES string of the molecule is CC(NC(=O)CC1CCCCC1)C(=O)N1C(C(=O)O)CC2CCCCC21. The Kier molecular flexibility index (Phi) is 6.20. The number of carboxylic acid groups (broad SMARTS) is 1. The van der Waals surface area contributed by atoms with E-state index >= 15 is 0 Å². The molecule has 0 bridgehead atoms. The van der Waals surface area contributed by atoms with Gasteiger partial charge < -0.3 is 15.3 Å². The molecule has 1 saturated heterocycles. The minimum Gasteiger partial charge on any atom is -0.480 e. The molecule has 0 aromatic heterocycles. The van der Waals surface area contributed by atoms with Crippen LogP contribution in [0, 0.1) is 11.8 Å². The van der Waals surface area contributed by atoms with E-state index in [1.54, 1.807) is 11.8 Å². The van der Waals surface area contributed by atoms with Crippen LogP contribution in [0.25, 0.3) is 0 Å². The average Bonchev–Trinajstić information content (AvgIpc) is 3.01. The molecule has 2 aliphatic carbocycles. The molecule has 3 aliphatic rings. The lowest BCUT2D eigenvalue weighted by Crippen LogP contribution is -2.53. The standard InChI is InChI=1S/C20H32N2O4/c1-13(21-18(23)11-14-7-3-2-4-8-14)19(24)22-16-10-6-5-9-15(16)12-17(22)20(25)26/h13-17H,2-12H2,1H3,(H,21,23)(H,25,26). The molecule has 3 rings (SSSR count). The molecule has 0 aromatic rings. The predicted octanol–water partition coefficient (Wildman–Crippen LogP) is 2.71. The number of carbonyl (C=O) groups excluding carboxylic acids is 2. The molecule has 2 saturated carbocycles. The number of rotatable bonds is 5. The molecule has 146 valence electrons. The first kappa shape index (κ1) is 19.2. The Morgan fingerprint density at radius 1 is 1.04 bits per heavy atom. The minimum absolute atomic E-state index is 0.0232. The molecule has 0 radical (unpaired) electrons. The normalized spacial score (nSPS) is 30.5. The third-order valence-corrected chi connectivity index (χ3v) is 6.57. The summed E-state index contributed by atoms with van der Waals surface area (Å²) >= 11 is 0. The summed E-state index contributed by atoms with van der Waals surface area (Å²) in [5.74, 6) is -0.521. The molecule has 6 nitrogen and oxygen atoms in total. The predicted molar refractivity (Wildman–Crippen MR) is 97.4 cm³/mol. The van der Waals surface area contributed by atoms with E-state index in [1.165, 1.54) is 19.3 Å². The first-order chi connectivity index (χ1) is 12.5. The van der Waals surface area contributed by atoms with Crippen molar-refractivity contribution in [2.24, 2.45) is 11.8 Å². The molecular formula is C20H32N2O4. The maximum absolute atomic E-state index is 13.0. The monoisotopic (exact) mass is 364 g/mol. The number of carbonyl (C=O) groups is 3. The van der Waals surface area contributed by atoms with E-state index in [1.807, 2.05) is 0 Å². The van der Waals surface area contributed by atoms with E-state index in [-0.39, 0.29) is 17.9 Å². The molecule has 26 heavy (non-hydrogen) atoms. The highest BCUT2D eigenvalue weighted by molar-refractivity contribution is 5.91. The van der Waals surface area contributed by atoms with Gasteiger partial charge in [0.15, 0.2) is 0 Å². The third-order valence-electron chi connectivity index (χ3n) is 6.57. The van der Waals surface area contributed by atoms with E-state index < -0.39 is 18.1 Å². The topological polar surface area (TPSA) is 86.7 Å². The highest BCUT2D eigenvalue weighted by Crippen LogP contribution is 2.40. The van der Waals surface area contributed by atoms with E-state index in [0.717, 1.165) is 38.5 Å². The fraction of sp³-hybridized carbons (Fsp3) is 0.850. The zero-order valence-corrected chi connectivity index (χ0v) is 15.8. The summed E-state index contributed by atoms with van der Waals surface area (Å²) in [5.41, 5.74) is 0. The Balaban J connectivity index is 1.60. The van der Waals surface area contributed by atoms with Gasteiger partial charge in [0.05, 0.1) is 0 Å². The summed E-state index contributed by atoms with van der Waals surface area (Å²) in [7, 11) is 0. The quantitative estimate of drug-likeness (QED) is 0.785. The smallest absolute Gasteiger partial charge is 0.326 e. The first-order valence-electron chi connectivity index (χ1n) is 10.3. The zero-order chi connectivity index (χ0) is 18.7. The molecule has 3 fully saturated rings. The minimum atomic E-state index is -0.923. The second-order valence-electron chi connectivity index (χ2n) is 8.44. The van der Waals surface area contributed by atoms with Crippen molar-refractivity contribution in [1.29, 1.82) is 0 Å². The van der Waals surface area contributed by atoms with Crippen LogP contribution in [-0.2, 0) is 14.4 Å². The Morgan fingerprint density at radius 3 is 2.38 bits per heavy atom. The maximum atomic E-state index is 13.0. The van der Waals surface area contributed by atoms with Crippen LogP contribution in [0.4, 0.5) is 0 Å². The number of nitrogens with one attached hydrogen (secondary N) is 1. The van der Waals surface area contributed by atoms with E-state index in [2.05, 4.69) is 5.32 Å². The third kappa shape index (κ3) is 4.21. The number of likely N-dealkylation sites (tertiary alicyclic amines) is 1. The highest BCUT2D eigenvalue weighted by Gasteiger charge is 2.48. The van der Waals surface area contributed by atoms with Gasteiger partial charge in [0.25, 0.3) is 0 Å². The van der Waals surface area contributed by atoms with Gasteiger partial charge in [-0.3, -0.25) is 9.59 Å². The zero-order valence-electron chi connectivity index (χ0n) is 15.8. The summed E-state index contributed by atoms with van der Waals surface area (Å²) in [5, 5.41) is 12.4. The molecule has 2 amide bonds. The van der Waals surface area contributed by atoms with Crippen LogP contribution in [0.5, 0.6) is 0 Å². The van der Waals surface area contributed by atoms with E-state index in [0.29, 0.717) is 24.7 Å². The molecular weight excluding hydrogens is 332 g/mol. The molecule has 1 heterocycles. The summed E-state index contributed by atoms with van der Waals surface area (Å²) in [4.78, 5) is 38.6. The fourth-order valence-corrected chi connectivity index (χ4v) is 5.24. The molecule has 0 spiro atoms. The number of amides is 2. The van der Waals surface area contributed by atoms with Gasteiger partial charge in [-0.25, -0.2) is 4.79 Å². The van der Waals surface area contributed by atoms with Gasteiger partial charge in [-0.15, -0.1) is 0 Å². The number of carboxylic acids is 1. The Labute approximate surface area is 155 Å². The lowest BCUT2D eigenvalue weighted by molar-refractivity contribution is -0.151. The van der Waals surface area contributed by atoms with E-state index in [9.17, 15) is 19.5 Å². The van der Waals surface area contributed by atoms with Gasteiger partial charge in [-0.1, -0.05) is 32.1 Å². The summed E-state index contributed by atoms with van der Waals surface area (Å²) in [6, 6.07) is -1.38. The number of nitrogens with zero attached hydrogens (tertiary/aromatic N) is 1. The number of hydrogen-bond donors (Lipinski definition) is 2. The van der Waals surface area contributed by atoms with Crippen molar-refractivity contribution >= 4 is 17.8 Å². The molecule has 4 unspecified atom stereocenters. The van der Waals surface area contributed by atoms with Crippen LogP contribution in [0.1, 0.15) is 77.6 Å². The van der Waals surface area contributed by atoms with Crippen molar-refractivity contribution in [3.8, 4) is 0 Å². The van der Waals surface area contributed by atoms with Crippen LogP contribution in [0.2, 0.25) is 0 Å². The molecule has 4 atom stereocenters. The van der Waals surface area contributed by atoms with Gasteiger partial charge in [0.1, 0.15) is 12.1 Å². The molecule has 6 heteroatoms. The molecule has 1 aliphatic heterocycles. The Hall–Kier alpha value is -1.59. The summed E-state index contributed by atoms with van der Waals surface area (Å²) in [6.07, 6.45) is 10.9. The van der Waals surface area contributed by atoms with Crippen molar-refractivity contribution in [2.45, 2.75) is 95.7 Å². The number of hydrogen-bond acceptors (Lipinski definition) is 3. The van der Waals surface area contributed by atoms with Crippen molar-refractivity contribution in [2.75, 3.05) is 0 Å². The largest absolute Gasteiger partial charge is 0.480 e.